The van der Waals surface area contributed by atoms with Crippen LogP contribution in [0.3, 0.4) is 0 Å². The maximum Gasteiger partial charge on any atom is 0.336 e. The summed E-state index contributed by atoms with van der Waals surface area (Å²) in [5.74, 6) is 0.192. The van der Waals surface area contributed by atoms with Crippen molar-refractivity contribution in [2.45, 2.75) is 71.2 Å². The predicted octanol–water partition coefficient (Wildman–Crippen LogP) is 6.81. The van der Waals surface area contributed by atoms with Crippen molar-refractivity contribution in [3.63, 3.8) is 0 Å². The van der Waals surface area contributed by atoms with Crippen LogP contribution in [0.4, 0.5) is 0 Å². The molecule has 0 aliphatic carbocycles. The Balaban J connectivity index is 1.75. The molecule has 0 radical (unpaired) electrons. The van der Waals surface area contributed by atoms with E-state index in [1.165, 1.54) is 5.57 Å². The van der Waals surface area contributed by atoms with Gasteiger partial charge < -0.3 is 14.6 Å². The number of allylic oxidation sites excluding steroid dienone is 2. The molecule has 4 rings (SSSR count). The van der Waals surface area contributed by atoms with E-state index in [0.29, 0.717) is 17.0 Å². The Hall–Kier alpha value is -2.59. The average molecular weight is 421 g/mol. The lowest BCUT2D eigenvalue weighted by atomic mass is 9.72. The summed E-state index contributed by atoms with van der Waals surface area (Å²) in [5, 5.41) is 9.62. The van der Waals surface area contributed by atoms with Gasteiger partial charge in [-0.2, -0.15) is 0 Å². The summed E-state index contributed by atoms with van der Waals surface area (Å²) in [4.78, 5) is 11.7. The van der Waals surface area contributed by atoms with Crippen LogP contribution >= 0.6 is 0 Å². The zero-order chi connectivity index (χ0) is 22.2. The first kappa shape index (κ1) is 21.6. The van der Waals surface area contributed by atoms with Gasteiger partial charge in [0.25, 0.3) is 0 Å². The normalized spacial score (nSPS) is 26.9. The number of fused-ring (bicyclic) bond motifs is 3. The molecule has 31 heavy (non-hydrogen) atoms. The Morgan fingerprint density at radius 1 is 1.19 bits per heavy atom. The Morgan fingerprint density at radius 3 is 2.71 bits per heavy atom. The Morgan fingerprint density at radius 2 is 1.97 bits per heavy atom. The molecule has 2 aromatic carbocycles. The summed E-state index contributed by atoms with van der Waals surface area (Å²) < 4.78 is 13.2. The van der Waals surface area contributed by atoms with Crippen LogP contribution in [0.15, 0.2) is 54.1 Å². The van der Waals surface area contributed by atoms with E-state index in [-0.39, 0.29) is 17.8 Å². The summed E-state index contributed by atoms with van der Waals surface area (Å²) in [6.07, 6.45) is 6.52. The average Bonchev–Trinajstić information content (AvgIpc) is 2.73. The number of hydrogen-bond donors (Lipinski definition) is 1. The van der Waals surface area contributed by atoms with Crippen molar-refractivity contribution >= 4 is 5.97 Å². The Kier molecular flexibility index (Phi) is 5.94. The molecule has 0 amide bonds. The molecule has 4 atom stereocenters. The van der Waals surface area contributed by atoms with Crippen molar-refractivity contribution < 1.29 is 19.4 Å². The van der Waals surface area contributed by atoms with Gasteiger partial charge in [0.15, 0.2) is 0 Å². The lowest BCUT2D eigenvalue weighted by molar-refractivity contribution is -0.151. The quantitative estimate of drug-likeness (QED) is 0.540. The molecule has 2 aliphatic rings. The minimum absolute atomic E-state index is 0.00738. The number of benzene rings is 2. The summed E-state index contributed by atoms with van der Waals surface area (Å²) >= 11 is 0. The molecular formula is C27H32O4. The first-order chi connectivity index (χ1) is 14.8. The van der Waals surface area contributed by atoms with Crippen LogP contribution < -0.4 is 4.74 Å². The topological polar surface area (TPSA) is 55.8 Å². The van der Waals surface area contributed by atoms with Crippen molar-refractivity contribution in [3.05, 3.63) is 65.2 Å². The van der Waals surface area contributed by atoms with Gasteiger partial charge >= 0.3 is 5.97 Å². The molecule has 1 saturated heterocycles. The van der Waals surface area contributed by atoms with E-state index >= 15 is 0 Å². The van der Waals surface area contributed by atoms with Gasteiger partial charge in [0.2, 0.25) is 0 Å². The van der Waals surface area contributed by atoms with Crippen molar-refractivity contribution in [1.29, 1.82) is 0 Å². The van der Waals surface area contributed by atoms with Gasteiger partial charge in [-0.1, -0.05) is 42.0 Å². The lowest BCUT2D eigenvalue weighted by Crippen LogP contribution is -2.50. The number of carbonyl (C=O) groups is 1. The molecule has 1 N–H and O–H groups in total. The molecule has 0 aromatic heterocycles. The fraction of sp³-hybridized carbons (Fsp3) is 0.444. The maximum atomic E-state index is 11.7. The van der Waals surface area contributed by atoms with E-state index in [0.717, 1.165) is 42.6 Å². The molecule has 0 bridgehead atoms. The molecule has 164 valence electrons. The highest BCUT2D eigenvalue weighted by Crippen LogP contribution is 2.52. The predicted molar refractivity (Wildman–Crippen MR) is 123 cm³/mol. The second kappa shape index (κ2) is 8.51. The van der Waals surface area contributed by atoms with Crippen LogP contribution in [0.2, 0.25) is 0 Å². The van der Waals surface area contributed by atoms with Crippen LogP contribution in [0, 0.1) is 5.92 Å². The smallest absolute Gasteiger partial charge is 0.336 e. The van der Waals surface area contributed by atoms with Crippen LogP contribution in [0.1, 0.15) is 75.4 Å². The Labute approximate surface area is 184 Å². The molecular weight excluding hydrogens is 388 g/mol. The number of rotatable bonds is 5. The number of hydrogen-bond acceptors (Lipinski definition) is 3. The van der Waals surface area contributed by atoms with E-state index in [4.69, 9.17) is 9.47 Å². The molecule has 1 fully saturated rings. The zero-order valence-electron chi connectivity index (χ0n) is 18.9. The molecule has 2 aliphatic heterocycles. The first-order valence-corrected chi connectivity index (χ1v) is 11.2. The summed E-state index contributed by atoms with van der Waals surface area (Å²) in [5.41, 5.74) is 3.92. The van der Waals surface area contributed by atoms with Gasteiger partial charge in [0.05, 0.1) is 17.8 Å². The summed E-state index contributed by atoms with van der Waals surface area (Å²) in [6.45, 7) is 8.60. The molecule has 0 unspecified atom stereocenters. The van der Waals surface area contributed by atoms with E-state index in [9.17, 15) is 9.90 Å². The third-order valence-corrected chi connectivity index (χ3v) is 6.74. The number of aromatic carboxylic acids is 1. The van der Waals surface area contributed by atoms with Crippen molar-refractivity contribution in [1.82, 2.24) is 0 Å². The second-order valence-corrected chi connectivity index (χ2v) is 9.39. The third kappa shape index (κ3) is 4.27. The van der Waals surface area contributed by atoms with Crippen LogP contribution in [0.5, 0.6) is 5.75 Å². The Bertz CT molecular complexity index is 1000. The lowest BCUT2D eigenvalue weighted by Gasteiger charge is -2.50. The van der Waals surface area contributed by atoms with E-state index in [1.807, 2.05) is 24.3 Å². The fourth-order valence-electron chi connectivity index (χ4n) is 5.05. The molecule has 0 saturated carbocycles. The standard InChI is InChI=1S/C27H32O4/c1-17(2)8-7-15-27(4)23-14-11-18(3)30-25(23)22-13-12-19(16-24(22)31-27)20-9-5-6-10-21(20)26(28)29/h5-6,8-10,12-13,16,18,23,25H,7,11,14-15H2,1-4H3,(H,28,29)/t18-,23-,25+,27+/m1/s1. The van der Waals surface area contributed by atoms with E-state index in [2.05, 4.69) is 39.8 Å². The van der Waals surface area contributed by atoms with Gasteiger partial charge in [-0.05, 0) is 76.6 Å². The molecule has 0 spiro atoms. The number of ether oxygens (including phenoxy) is 2. The van der Waals surface area contributed by atoms with Crippen LogP contribution in [-0.4, -0.2) is 22.8 Å². The molecule has 2 aromatic rings. The van der Waals surface area contributed by atoms with Gasteiger partial charge in [-0.15, -0.1) is 0 Å². The number of carboxylic acid groups (broad SMARTS) is 1. The fourth-order valence-corrected chi connectivity index (χ4v) is 5.05. The molecule has 2 heterocycles. The first-order valence-electron chi connectivity index (χ1n) is 11.2. The minimum Gasteiger partial charge on any atom is -0.487 e. The van der Waals surface area contributed by atoms with Crippen molar-refractivity contribution in [3.8, 4) is 16.9 Å². The van der Waals surface area contributed by atoms with Crippen LogP contribution in [0.25, 0.3) is 11.1 Å². The van der Waals surface area contributed by atoms with E-state index < -0.39 is 5.97 Å². The third-order valence-electron chi connectivity index (χ3n) is 6.74. The second-order valence-electron chi connectivity index (χ2n) is 9.39. The highest BCUT2D eigenvalue weighted by molar-refractivity contribution is 5.96. The summed E-state index contributed by atoms with van der Waals surface area (Å²) in [7, 11) is 0. The van der Waals surface area contributed by atoms with E-state index in [1.54, 1.807) is 12.1 Å². The minimum atomic E-state index is -0.926. The monoisotopic (exact) mass is 420 g/mol. The SMILES string of the molecule is CC(C)=CCC[C@]1(C)Oc2cc(-c3ccccc3C(=O)O)ccc2[C@@H]2O[C@H](C)CC[C@H]21. The van der Waals surface area contributed by atoms with Gasteiger partial charge in [0.1, 0.15) is 11.4 Å². The van der Waals surface area contributed by atoms with Crippen molar-refractivity contribution in [2.24, 2.45) is 5.92 Å². The summed E-state index contributed by atoms with van der Waals surface area (Å²) in [6, 6.07) is 13.2. The van der Waals surface area contributed by atoms with Gasteiger partial charge in [-0.3, -0.25) is 0 Å². The highest BCUT2D eigenvalue weighted by atomic mass is 16.5. The van der Waals surface area contributed by atoms with Crippen LogP contribution in [-0.2, 0) is 4.74 Å². The maximum absolute atomic E-state index is 11.7. The molecule has 4 heteroatoms. The zero-order valence-corrected chi connectivity index (χ0v) is 18.9. The van der Waals surface area contributed by atoms with Gasteiger partial charge in [0, 0.05) is 11.5 Å². The van der Waals surface area contributed by atoms with Gasteiger partial charge in [-0.25, -0.2) is 4.79 Å². The largest absolute Gasteiger partial charge is 0.487 e. The van der Waals surface area contributed by atoms with Crippen molar-refractivity contribution in [2.75, 3.05) is 0 Å². The molecule has 4 nitrogen and oxygen atoms in total. The number of carboxylic acids is 1. The highest BCUT2D eigenvalue weighted by Gasteiger charge is 2.49.